The standard InChI is InChI=1S/C13H22N4O8/c1-5(18)10(15)12(23)16-6(2-3-9(20)21)11(22)17-7(13(24)25)4-8(14)19/h5-7,10,18H,2-4,15H2,1H3,(H2,14,19)(H,16,23)(H,17,22)(H,20,21)(H,24,25)/t5-,6+,7+,10+/m1/s1. The number of rotatable bonds is 11. The van der Waals surface area contributed by atoms with Gasteiger partial charge in [-0.15, -0.1) is 0 Å². The van der Waals surface area contributed by atoms with E-state index in [-0.39, 0.29) is 6.42 Å². The SMILES string of the molecule is C[C@@H](O)[C@H](N)C(=O)N[C@@H](CCC(=O)O)C(=O)N[C@@H](CC(N)=O)C(=O)O. The maximum Gasteiger partial charge on any atom is 0.326 e. The predicted octanol–water partition coefficient (Wildman–Crippen LogP) is -3.51. The number of aliphatic hydroxyl groups excluding tert-OH is 1. The van der Waals surface area contributed by atoms with Gasteiger partial charge in [0, 0.05) is 6.42 Å². The van der Waals surface area contributed by atoms with Crippen LogP contribution in [0.25, 0.3) is 0 Å². The average Bonchev–Trinajstić information content (AvgIpc) is 2.48. The summed E-state index contributed by atoms with van der Waals surface area (Å²) < 4.78 is 0. The molecule has 0 aliphatic carbocycles. The van der Waals surface area contributed by atoms with Gasteiger partial charge in [-0.1, -0.05) is 0 Å². The Hall–Kier alpha value is -2.73. The Morgan fingerprint density at radius 2 is 1.52 bits per heavy atom. The van der Waals surface area contributed by atoms with E-state index in [4.69, 9.17) is 21.7 Å². The lowest BCUT2D eigenvalue weighted by Crippen LogP contribution is -2.56. The van der Waals surface area contributed by atoms with Gasteiger partial charge in [0.05, 0.1) is 12.5 Å². The fourth-order valence-corrected chi connectivity index (χ4v) is 1.70. The number of hydrogen-bond acceptors (Lipinski definition) is 7. The van der Waals surface area contributed by atoms with E-state index in [1.165, 1.54) is 6.92 Å². The molecule has 3 amide bonds. The van der Waals surface area contributed by atoms with Crippen LogP contribution in [-0.4, -0.2) is 69.2 Å². The van der Waals surface area contributed by atoms with Crippen molar-refractivity contribution in [3.8, 4) is 0 Å². The fraction of sp³-hybridized carbons (Fsp3) is 0.615. The Bertz CT molecular complexity index is 536. The van der Waals surface area contributed by atoms with Crippen LogP contribution in [0, 0.1) is 0 Å². The number of carboxylic acid groups (broad SMARTS) is 2. The molecule has 0 rings (SSSR count). The predicted molar refractivity (Wildman–Crippen MR) is 81.8 cm³/mol. The summed E-state index contributed by atoms with van der Waals surface area (Å²) in [5.41, 5.74) is 10.3. The van der Waals surface area contributed by atoms with Crippen LogP contribution >= 0.6 is 0 Å². The molecule has 0 heterocycles. The Morgan fingerprint density at radius 1 is 1.00 bits per heavy atom. The van der Waals surface area contributed by atoms with Gasteiger partial charge in [0.2, 0.25) is 17.7 Å². The average molecular weight is 362 g/mol. The van der Waals surface area contributed by atoms with Crippen molar-refractivity contribution in [1.82, 2.24) is 10.6 Å². The molecule has 0 unspecified atom stereocenters. The molecule has 0 saturated heterocycles. The lowest BCUT2D eigenvalue weighted by Gasteiger charge is -2.23. The van der Waals surface area contributed by atoms with Crippen LogP contribution in [0.15, 0.2) is 0 Å². The Morgan fingerprint density at radius 3 is 1.92 bits per heavy atom. The molecule has 12 nitrogen and oxygen atoms in total. The second kappa shape index (κ2) is 10.2. The van der Waals surface area contributed by atoms with Gasteiger partial charge in [-0.25, -0.2) is 4.79 Å². The number of aliphatic hydroxyl groups is 1. The van der Waals surface area contributed by atoms with Crippen molar-refractivity contribution >= 4 is 29.7 Å². The number of amides is 3. The molecule has 9 N–H and O–H groups in total. The molecule has 12 heteroatoms. The van der Waals surface area contributed by atoms with Crippen molar-refractivity contribution in [1.29, 1.82) is 0 Å². The molecule has 142 valence electrons. The number of aliphatic carboxylic acids is 2. The number of carboxylic acids is 2. The zero-order valence-corrected chi connectivity index (χ0v) is 13.5. The molecular weight excluding hydrogens is 340 g/mol. The molecule has 0 fully saturated rings. The van der Waals surface area contributed by atoms with Crippen LogP contribution in [0.5, 0.6) is 0 Å². The van der Waals surface area contributed by atoms with Gasteiger partial charge in [0.1, 0.15) is 18.1 Å². The van der Waals surface area contributed by atoms with Crippen molar-refractivity contribution < 1.29 is 39.3 Å². The normalized spacial score (nSPS) is 15.3. The number of primary amides is 1. The zero-order valence-electron chi connectivity index (χ0n) is 13.5. The third-order valence-electron chi connectivity index (χ3n) is 3.12. The minimum Gasteiger partial charge on any atom is -0.481 e. The summed E-state index contributed by atoms with van der Waals surface area (Å²) in [5.74, 6) is -5.71. The highest BCUT2D eigenvalue weighted by atomic mass is 16.4. The van der Waals surface area contributed by atoms with E-state index in [9.17, 15) is 29.1 Å². The number of hydrogen-bond donors (Lipinski definition) is 7. The van der Waals surface area contributed by atoms with Gasteiger partial charge < -0.3 is 37.4 Å². The maximum absolute atomic E-state index is 12.1. The Balaban J connectivity index is 5.13. The molecule has 25 heavy (non-hydrogen) atoms. The minimum atomic E-state index is -1.64. The number of nitrogens with two attached hydrogens (primary N) is 2. The summed E-state index contributed by atoms with van der Waals surface area (Å²) >= 11 is 0. The summed E-state index contributed by atoms with van der Waals surface area (Å²) in [6.45, 7) is 1.24. The molecule has 0 aromatic heterocycles. The van der Waals surface area contributed by atoms with Crippen molar-refractivity contribution in [2.24, 2.45) is 11.5 Å². The third kappa shape index (κ3) is 8.62. The molecule has 0 aliphatic heterocycles. The van der Waals surface area contributed by atoms with Gasteiger partial charge in [-0.3, -0.25) is 19.2 Å². The van der Waals surface area contributed by atoms with Gasteiger partial charge in [0.25, 0.3) is 0 Å². The van der Waals surface area contributed by atoms with Gasteiger partial charge in [-0.2, -0.15) is 0 Å². The molecule has 0 aliphatic rings. The van der Waals surface area contributed by atoms with Gasteiger partial charge in [0.15, 0.2) is 0 Å². The van der Waals surface area contributed by atoms with Crippen LogP contribution in [0.1, 0.15) is 26.2 Å². The first kappa shape index (κ1) is 22.3. The van der Waals surface area contributed by atoms with E-state index in [1.807, 2.05) is 5.32 Å². The first-order valence-electron chi connectivity index (χ1n) is 7.23. The van der Waals surface area contributed by atoms with Gasteiger partial charge >= 0.3 is 11.9 Å². The van der Waals surface area contributed by atoms with E-state index < -0.39 is 66.7 Å². The Kier molecular flexibility index (Phi) is 9.09. The third-order valence-corrected chi connectivity index (χ3v) is 3.12. The molecular formula is C13H22N4O8. The van der Waals surface area contributed by atoms with Gasteiger partial charge in [-0.05, 0) is 13.3 Å². The van der Waals surface area contributed by atoms with Crippen molar-refractivity contribution in [3.63, 3.8) is 0 Å². The fourth-order valence-electron chi connectivity index (χ4n) is 1.70. The molecule has 0 bridgehead atoms. The van der Waals surface area contributed by atoms with Crippen molar-refractivity contribution in [3.05, 3.63) is 0 Å². The summed E-state index contributed by atoms with van der Waals surface area (Å²) in [6, 6.07) is -4.44. The second-order valence-corrected chi connectivity index (χ2v) is 5.33. The lowest BCUT2D eigenvalue weighted by atomic mass is 10.1. The number of carbonyl (C=O) groups is 5. The summed E-state index contributed by atoms with van der Waals surface area (Å²) in [7, 11) is 0. The van der Waals surface area contributed by atoms with Crippen LogP contribution in [0.4, 0.5) is 0 Å². The minimum absolute atomic E-state index is 0.359. The molecule has 0 aromatic rings. The maximum atomic E-state index is 12.1. The highest BCUT2D eigenvalue weighted by molar-refractivity contribution is 5.93. The largest absolute Gasteiger partial charge is 0.481 e. The monoisotopic (exact) mass is 362 g/mol. The summed E-state index contributed by atoms with van der Waals surface area (Å²) in [6.07, 6.45) is -2.78. The first-order chi connectivity index (χ1) is 11.5. The van der Waals surface area contributed by atoms with E-state index in [2.05, 4.69) is 5.32 Å². The molecule has 0 spiro atoms. The van der Waals surface area contributed by atoms with E-state index in [1.54, 1.807) is 0 Å². The summed E-state index contributed by atoms with van der Waals surface area (Å²) in [5, 5.41) is 31.1. The van der Waals surface area contributed by atoms with E-state index in [0.29, 0.717) is 0 Å². The van der Waals surface area contributed by atoms with Crippen LogP contribution in [0.3, 0.4) is 0 Å². The summed E-state index contributed by atoms with van der Waals surface area (Å²) in [4.78, 5) is 56.5. The van der Waals surface area contributed by atoms with Crippen LogP contribution < -0.4 is 22.1 Å². The lowest BCUT2D eigenvalue weighted by molar-refractivity contribution is -0.144. The van der Waals surface area contributed by atoms with E-state index in [0.717, 1.165) is 0 Å². The quantitative estimate of drug-likeness (QED) is 0.193. The first-order valence-corrected chi connectivity index (χ1v) is 7.23. The van der Waals surface area contributed by atoms with Crippen LogP contribution in [0.2, 0.25) is 0 Å². The molecule has 0 radical (unpaired) electrons. The molecule has 0 aromatic carbocycles. The molecule has 4 atom stereocenters. The Labute approximate surface area is 142 Å². The van der Waals surface area contributed by atoms with Crippen LogP contribution in [-0.2, 0) is 24.0 Å². The second-order valence-electron chi connectivity index (χ2n) is 5.33. The number of nitrogens with one attached hydrogen (secondary N) is 2. The molecule has 0 saturated carbocycles. The number of carbonyl (C=O) groups excluding carboxylic acids is 3. The van der Waals surface area contributed by atoms with Crippen molar-refractivity contribution in [2.45, 2.75) is 50.4 Å². The highest BCUT2D eigenvalue weighted by Gasteiger charge is 2.30. The highest BCUT2D eigenvalue weighted by Crippen LogP contribution is 2.02. The smallest absolute Gasteiger partial charge is 0.326 e. The van der Waals surface area contributed by atoms with Crippen molar-refractivity contribution in [2.75, 3.05) is 0 Å². The topological polar surface area (TPSA) is 222 Å². The van der Waals surface area contributed by atoms with E-state index >= 15 is 0 Å². The zero-order chi connectivity index (χ0) is 19.7.